The highest BCUT2D eigenvalue weighted by molar-refractivity contribution is 5.98. The Labute approximate surface area is 170 Å². The van der Waals surface area contributed by atoms with E-state index in [1.165, 1.54) is 0 Å². The molecule has 2 aromatic heterocycles. The predicted octanol–water partition coefficient (Wildman–Crippen LogP) is 3.75. The summed E-state index contributed by atoms with van der Waals surface area (Å²) in [6, 6.07) is 13.6. The molecule has 6 heteroatoms. The fourth-order valence-electron chi connectivity index (χ4n) is 3.98. The summed E-state index contributed by atoms with van der Waals surface area (Å²) in [7, 11) is 0. The fourth-order valence-corrected chi connectivity index (χ4v) is 3.98. The van der Waals surface area contributed by atoms with Crippen LogP contribution >= 0.6 is 0 Å². The minimum Gasteiger partial charge on any atom is -0.469 e. The van der Waals surface area contributed by atoms with Crippen molar-refractivity contribution in [3.63, 3.8) is 0 Å². The molecule has 1 aliphatic heterocycles. The van der Waals surface area contributed by atoms with Crippen LogP contribution in [0.25, 0.3) is 10.9 Å². The average Bonchev–Trinajstić information content (AvgIpc) is 3.41. The van der Waals surface area contributed by atoms with Gasteiger partial charge in [0.2, 0.25) is 5.91 Å². The first-order valence-electron chi connectivity index (χ1n) is 10.3. The van der Waals surface area contributed by atoms with Crippen molar-refractivity contribution in [2.75, 3.05) is 13.1 Å². The van der Waals surface area contributed by atoms with Gasteiger partial charge in [0.1, 0.15) is 11.5 Å². The average molecular weight is 393 g/mol. The molecule has 2 atom stereocenters. The van der Waals surface area contributed by atoms with Crippen LogP contribution in [0.15, 0.2) is 53.1 Å². The Morgan fingerprint density at radius 3 is 2.93 bits per heavy atom. The number of benzene rings is 1. The number of H-pyrrole nitrogens is 1. The summed E-state index contributed by atoms with van der Waals surface area (Å²) in [4.78, 5) is 30.7. The Bertz CT molecular complexity index is 943. The standard InChI is InChI=1S/C23H27N3O3/c1-16(10-11-19-8-5-13-29-19)24-22(27)18-7-4-12-26(15-18)23(28)21-14-17-6-2-3-9-20(17)25-21/h2-3,5-6,8-9,13-14,16,18,25H,4,7,10-12,15H2,1H3,(H,24,27)/t16-,18+/m0/s1. The number of nitrogens with one attached hydrogen (secondary N) is 2. The molecule has 0 bridgehead atoms. The number of hydrogen-bond acceptors (Lipinski definition) is 3. The van der Waals surface area contributed by atoms with Gasteiger partial charge in [-0.2, -0.15) is 0 Å². The van der Waals surface area contributed by atoms with Crippen LogP contribution in [0.2, 0.25) is 0 Å². The van der Waals surface area contributed by atoms with E-state index in [0.29, 0.717) is 18.8 Å². The first-order chi connectivity index (χ1) is 14.1. The van der Waals surface area contributed by atoms with Crippen molar-refractivity contribution in [2.24, 2.45) is 5.92 Å². The van der Waals surface area contributed by atoms with Gasteiger partial charge < -0.3 is 19.6 Å². The predicted molar refractivity (Wildman–Crippen MR) is 112 cm³/mol. The fraction of sp³-hybridized carbons (Fsp3) is 0.391. The zero-order valence-corrected chi connectivity index (χ0v) is 16.7. The quantitative estimate of drug-likeness (QED) is 0.669. The summed E-state index contributed by atoms with van der Waals surface area (Å²) < 4.78 is 5.35. The van der Waals surface area contributed by atoms with E-state index in [1.54, 1.807) is 11.2 Å². The number of aryl methyl sites for hydroxylation is 1. The number of aromatic nitrogens is 1. The van der Waals surface area contributed by atoms with E-state index >= 15 is 0 Å². The molecule has 3 aromatic rings. The number of fused-ring (bicyclic) bond motifs is 1. The van der Waals surface area contributed by atoms with Gasteiger partial charge in [0.25, 0.3) is 5.91 Å². The van der Waals surface area contributed by atoms with Gasteiger partial charge >= 0.3 is 0 Å². The summed E-state index contributed by atoms with van der Waals surface area (Å²) in [6.45, 7) is 3.16. The SMILES string of the molecule is C[C@@H](CCc1ccco1)NC(=O)[C@@H]1CCCN(C(=O)c2cc3ccccc3[nH]2)C1. The van der Waals surface area contributed by atoms with E-state index in [9.17, 15) is 9.59 Å². The van der Waals surface area contributed by atoms with E-state index in [0.717, 1.165) is 42.3 Å². The molecule has 0 unspecified atom stereocenters. The Morgan fingerprint density at radius 2 is 2.14 bits per heavy atom. The van der Waals surface area contributed by atoms with E-state index in [-0.39, 0.29) is 23.8 Å². The van der Waals surface area contributed by atoms with Crippen molar-refractivity contribution in [2.45, 2.75) is 38.6 Å². The number of furan rings is 1. The molecule has 3 heterocycles. The third kappa shape index (κ3) is 4.53. The normalized spacial score (nSPS) is 18.0. The second kappa shape index (κ2) is 8.55. The number of rotatable bonds is 6. The molecule has 0 aliphatic carbocycles. The molecule has 2 N–H and O–H groups in total. The number of carbonyl (C=O) groups excluding carboxylic acids is 2. The highest BCUT2D eigenvalue weighted by atomic mass is 16.3. The molecule has 0 radical (unpaired) electrons. The van der Waals surface area contributed by atoms with Crippen LogP contribution in [0.1, 0.15) is 42.4 Å². The van der Waals surface area contributed by atoms with E-state index in [4.69, 9.17) is 4.42 Å². The van der Waals surface area contributed by atoms with Crippen molar-refractivity contribution in [1.82, 2.24) is 15.2 Å². The molecule has 1 fully saturated rings. The van der Waals surface area contributed by atoms with Gasteiger partial charge in [-0.05, 0) is 50.5 Å². The first kappa shape index (κ1) is 19.3. The topological polar surface area (TPSA) is 78.3 Å². The summed E-state index contributed by atoms with van der Waals surface area (Å²) in [5.41, 5.74) is 1.53. The zero-order valence-electron chi connectivity index (χ0n) is 16.7. The number of likely N-dealkylation sites (tertiary alicyclic amines) is 1. The second-order valence-electron chi connectivity index (χ2n) is 7.89. The molecule has 0 spiro atoms. The Morgan fingerprint density at radius 1 is 1.28 bits per heavy atom. The maximum absolute atomic E-state index is 12.9. The maximum Gasteiger partial charge on any atom is 0.270 e. The molecule has 1 aromatic carbocycles. The summed E-state index contributed by atoms with van der Waals surface area (Å²) in [6.07, 6.45) is 4.94. The maximum atomic E-state index is 12.9. The van der Waals surface area contributed by atoms with Crippen molar-refractivity contribution in [3.8, 4) is 0 Å². The van der Waals surface area contributed by atoms with Gasteiger partial charge in [-0.25, -0.2) is 0 Å². The van der Waals surface area contributed by atoms with E-state index < -0.39 is 0 Å². The van der Waals surface area contributed by atoms with Gasteiger partial charge in [0, 0.05) is 36.5 Å². The van der Waals surface area contributed by atoms with E-state index in [2.05, 4.69) is 10.3 Å². The number of amides is 2. The second-order valence-corrected chi connectivity index (χ2v) is 7.89. The molecule has 29 heavy (non-hydrogen) atoms. The summed E-state index contributed by atoms with van der Waals surface area (Å²) in [5, 5.41) is 4.13. The molecule has 4 rings (SSSR count). The van der Waals surface area contributed by atoms with Gasteiger partial charge in [-0.1, -0.05) is 18.2 Å². The third-order valence-corrected chi connectivity index (χ3v) is 5.63. The number of nitrogens with zero attached hydrogens (tertiary/aromatic N) is 1. The lowest BCUT2D eigenvalue weighted by molar-refractivity contribution is -0.127. The van der Waals surface area contributed by atoms with Crippen LogP contribution in [0.4, 0.5) is 0 Å². The monoisotopic (exact) mass is 393 g/mol. The lowest BCUT2D eigenvalue weighted by Crippen LogP contribution is -2.47. The highest BCUT2D eigenvalue weighted by Gasteiger charge is 2.30. The molecule has 6 nitrogen and oxygen atoms in total. The first-order valence-corrected chi connectivity index (χ1v) is 10.3. The molecule has 0 saturated carbocycles. The molecular formula is C23H27N3O3. The molecule has 2 amide bonds. The highest BCUT2D eigenvalue weighted by Crippen LogP contribution is 2.21. The minimum atomic E-state index is -0.164. The Hall–Kier alpha value is -3.02. The van der Waals surface area contributed by atoms with Crippen LogP contribution in [-0.4, -0.2) is 40.8 Å². The molecule has 152 valence electrons. The number of piperidine rings is 1. The van der Waals surface area contributed by atoms with Gasteiger partial charge in [-0.15, -0.1) is 0 Å². The van der Waals surface area contributed by atoms with Crippen molar-refractivity contribution < 1.29 is 14.0 Å². The minimum absolute atomic E-state index is 0.0334. The van der Waals surface area contributed by atoms with Crippen LogP contribution in [0.3, 0.4) is 0 Å². The van der Waals surface area contributed by atoms with Crippen molar-refractivity contribution in [3.05, 3.63) is 60.2 Å². The number of aromatic amines is 1. The lowest BCUT2D eigenvalue weighted by Gasteiger charge is -2.32. The van der Waals surface area contributed by atoms with Crippen molar-refractivity contribution in [1.29, 1.82) is 0 Å². The summed E-state index contributed by atoms with van der Waals surface area (Å²) >= 11 is 0. The Balaban J connectivity index is 1.33. The van der Waals surface area contributed by atoms with Crippen molar-refractivity contribution >= 4 is 22.7 Å². The van der Waals surface area contributed by atoms with Crippen LogP contribution in [0, 0.1) is 5.92 Å². The number of hydrogen-bond donors (Lipinski definition) is 2. The van der Waals surface area contributed by atoms with Gasteiger partial charge in [0.15, 0.2) is 0 Å². The van der Waals surface area contributed by atoms with E-state index in [1.807, 2.05) is 49.4 Å². The van der Waals surface area contributed by atoms with Crippen LogP contribution < -0.4 is 5.32 Å². The Kier molecular flexibility index (Phi) is 5.69. The molecule has 1 aliphatic rings. The lowest BCUT2D eigenvalue weighted by atomic mass is 9.96. The molecule has 1 saturated heterocycles. The number of para-hydroxylation sites is 1. The largest absolute Gasteiger partial charge is 0.469 e. The van der Waals surface area contributed by atoms with Crippen LogP contribution in [0.5, 0.6) is 0 Å². The smallest absolute Gasteiger partial charge is 0.270 e. The van der Waals surface area contributed by atoms with Crippen LogP contribution in [-0.2, 0) is 11.2 Å². The molecular weight excluding hydrogens is 366 g/mol. The third-order valence-electron chi connectivity index (χ3n) is 5.63. The zero-order chi connectivity index (χ0) is 20.2. The van der Waals surface area contributed by atoms with Gasteiger partial charge in [-0.3, -0.25) is 9.59 Å². The van der Waals surface area contributed by atoms with Gasteiger partial charge in [0.05, 0.1) is 12.2 Å². The summed E-state index contributed by atoms with van der Waals surface area (Å²) in [5.74, 6) is 0.762. The number of carbonyl (C=O) groups is 2.